The molecule has 0 unspecified atom stereocenters. The summed E-state index contributed by atoms with van der Waals surface area (Å²) in [5.41, 5.74) is 0.630. The highest BCUT2D eigenvalue weighted by molar-refractivity contribution is 5.72. The Morgan fingerprint density at radius 3 is 2.71 bits per heavy atom. The minimum Gasteiger partial charge on any atom is -0.443 e. The van der Waals surface area contributed by atoms with Crippen LogP contribution in [-0.4, -0.2) is 12.7 Å². The number of carbonyl (C=O) groups is 1. The van der Waals surface area contributed by atoms with Gasteiger partial charge >= 0.3 is 6.09 Å². The van der Waals surface area contributed by atoms with E-state index in [0.717, 1.165) is 0 Å². The Bertz CT molecular complexity index is 105. The van der Waals surface area contributed by atoms with Crippen LogP contribution in [-0.2, 0) is 4.74 Å². The van der Waals surface area contributed by atoms with Crippen LogP contribution in [0.15, 0.2) is 12.3 Å². The first-order valence-electron chi connectivity index (χ1n) is 1.90. The fourth-order valence-corrected chi connectivity index (χ4v) is 0.369. The molecule has 1 amide bonds. The molecule has 1 heterocycles. The van der Waals surface area contributed by atoms with Crippen LogP contribution in [0.4, 0.5) is 4.79 Å². The van der Waals surface area contributed by atoms with Crippen LogP contribution in [0, 0.1) is 0 Å². The summed E-state index contributed by atoms with van der Waals surface area (Å²) in [6.45, 7) is 3.77. The van der Waals surface area contributed by atoms with E-state index in [4.69, 9.17) is 0 Å². The summed E-state index contributed by atoms with van der Waals surface area (Å²) < 4.78 is 4.42. The van der Waals surface area contributed by atoms with Crippen molar-refractivity contribution in [1.82, 2.24) is 5.32 Å². The van der Waals surface area contributed by atoms with E-state index in [1.807, 2.05) is 0 Å². The predicted molar refractivity (Wildman–Crippen MR) is 23.6 cm³/mol. The van der Waals surface area contributed by atoms with Gasteiger partial charge in [-0.15, -0.1) is 0 Å². The van der Waals surface area contributed by atoms with Gasteiger partial charge in [0.25, 0.3) is 0 Å². The molecule has 38 valence electrons. The summed E-state index contributed by atoms with van der Waals surface area (Å²) in [6, 6.07) is 0. The molecule has 0 saturated carbocycles. The minimum atomic E-state index is -0.398. The number of alkyl carbamates (subject to hydrolysis) is 1. The lowest BCUT2D eigenvalue weighted by molar-refractivity contribution is 0.179. The van der Waals surface area contributed by atoms with Gasteiger partial charge in [-0.25, -0.2) is 4.79 Å². The van der Waals surface area contributed by atoms with E-state index in [0.29, 0.717) is 12.3 Å². The van der Waals surface area contributed by atoms with Crippen molar-refractivity contribution in [1.29, 1.82) is 0 Å². The van der Waals surface area contributed by atoms with E-state index >= 15 is 0 Å². The molecule has 1 saturated heterocycles. The maximum Gasteiger partial charge on any atom is 0.411 e. The van der Waals surface area contributed by atoms with Crippen LogP contribution in [0.2, 0.25) is 0 Å². The highest BCUT2D eigenvalue weighted by atomic mass is 16.6. The smallest absolute Gasteiger partial charge is 0.411 e. The number of hydrogen-bond donors (Lipinski definition) is 1. The van der Waals surface area contributed by atoms with Crippen molar-refractivity contribution in [2.45, 2.75) is 0 Å². The van der Waals surface area contributed by atoms with Crippen molar-refractivity contribution in [3.05, 3.63) is 12.3 Å². The van der Waals surface area contributed by atoms with Crippen molar-refractivity contribution in [3.63, 3.8) is 0 Å². The van der Waals surface area contributed by atoms with Crippen molar-refractivity contribution in [2.75, 3.05) is 6.61 Å². The molecule has 0 aromatic heterocycles. The maximum atomic E-state index is 10.1. The summed E-state index contributed by atoms with van der Waals surface area (Å²) in [5.74, 6) is 0. The van der Waals surface area contributed by atoms with Crippen LogP contribution >= 0.6 is 0 Å². The monoisotopic (exact) mass is 99.0 g/mol. The normalized spacial score (nSPS) is 18.9. The first-order valence-corrected chi connectivity index (χ1v) is 1.90. The summed E-state index contributed by atoms with van der Waals surface area (Å²) in [5, 5.41) is 2.36. The topological polar surface area (TPSA) is 38.3 Å². The molecule has 0 aliphatic carbocycles. The van der Waals surface area contributed by atoms with E-state index in [2.05, 4.69) is 16.6 Å². The van der Waals surface area contributed by atoms with Gasteiger partial charge in [0.05, 0.1) is 5.70 Å². The van der Waals surface area contributed by atoms with Gasteiger partial charge in [-0.3, -0.25) is 5.32 Å². The molecule has 3 nitrogen and oxygen atoms in total. The van der Waals surface area contributed by atoms with Crippen LogP contribution in [0.25, 0.3) is 0 Å². The molecule has 0 radical (unpaired) electrons. The van der Waals surface area contributed by atoms with Crippen LogP contribution in [0.5, 0.6) is 0 Å². The Morgan fingerprint density at radius 1 is 1.86 bits per heavy atom. The molecule has 1 N–H and O–H groups in total. The summed E-state index contributed by atoms with van der Waals surface area (Å²) >= 11 is 0. The molecule has 7 heavy (non-hydrogen) atoms. The molecule has 0 atom stereocenters. The highest BCUT2D eigenvalue weighted by Crippen LogP contribution is 1.95. The van der Waals surface area contributed by atoms with E-state index in [1.165, 1.54) is 0 Å². The maximum absolute atomic E-state index is 10.1. The Labute approximate surface area is 41.0 Å². The Morgan fingerprint density at radius 2 is 2.57 bits per heavy atom. The number of hydrogen-bond acceptors (Lipinski definition) is 2. The third-order valence-corrected chi connectivity index (χ3v) is 0.656. The number of nitrogens with one attached hydrogen (secondary N) is 1. The van der Waals surface area contributed by atoms with E-state index in [-0.39, 0.29) is 0 Å². The zero-order valence-electron chi connectivity index (χ0n) is 3.73. The molecule has 1 aliphatic heterocycles. The minimum absolute atomic E-state index is 0.318. The lowest BCUT2D eigenvalue weighted by atomic mass is 10.6. The van der Waals surface area contributed by atoms with Gasteiger partial charge in [-0.1, -0.05) is 6.58 Å². The van der Waals surface area contributed by atoms with Gasteiger partial charge in [0.15, 0.2) is 0 Å². The summed E-state index contributed by atoms with van der Waals surface area (Å²) in [6.07, 6.45) is -0.398. The SMILES string of the molecule is C=C1COC(=O)N1. The quantitative estimate of drug-likeness (QED) is 0.472. The van der Waals surface area contributed by atoms with Gasteiger partial charge in [-0.2, -0.15) is 0 Å². The van der Waals surface area contributed by atoms with Gasteiger partial charge < -0.3 is 4.74 Å². The number of carbonyl (C=O) groups excluding carboxylic acids is 1. The summed E-state index contributed by atoms with van der Waals surface area (Å²) in [7, 11) is 0. The number of rotatable bonds is 0. The van der Waals surface area contributed by atoms with Crippen molar-refractivity contribution < 1.29 is 9.53 Å². The zero-order valence-corrected chi connectivity index (χ0v) is 3.73. The van der Waals surface area contributed by atoms with Crippen molar-refractivity contribution >= 4 is 6.09 Å². The van der Waals surface area contributed by atoms with Gasteiger partial charge in [0, 0.05) is 0 Å². The van der Waals surface area contributed by atoms with E-state index in [1.54, 1.807) is 0 Å². The van der Waals surface area contributed by atoms with Crippen molar-refractivity contribution in [2.24, 2.45) is 0 Å². The zero-order chi connectivity index (χ0) is 5.28. The molecule has 1 aliphatic rings. The molecule has 0 aromatic carbocycles. The van der Waals surface area contributed by atoms with Crippen molar-refractivity contribution in [3.8, 4) is 0 Å². The third-order valence-electron chi connectivity index (χ3n) is 0.656. The molecule has 1 rings (SSSR count). The molecular formula is C4H5NO2. The number of cyclic esters (lactones) is 1. The van der Waals surface area contributed by atoms with Crippen LogP contribution in [0.1, 0.15) is 0 Å². The standard InChI is InChI=1S/C4H5NO2/c1-3-2-7-4(6)5-3/h1-2H2,(H,5,6). The van der Waals surface area contributed by atoms with E-state index in [9.17, 15) is 4.79 Å². The van der Waals surface area contributed by atoms with E-state index < -0.39 is 6.09 Å². The molecule has 0 bridgehead atoms. The lowest BCUT2D eigenvalue weighted by Gasteiger charge is -1.80. The second-order valence-electron chi connectivity index (χ2n) is 1.30. The fraction of sp³-hybridized carbons (Fsp3) is 0.250. The van der Waals surface area contributed by atoms with Gasteiger partial charge in [0.2, 0.25) is 0 Å². The third kappa shape index (κ3) is 0.707. The average molecular weight is 99.1 g/mol. The van der Waals surface area contributed by atoms with Crippen LogP contribution in [0.3, 0.4) is 0 Å². The second kappa shape index (κ2) is 1.26. The molecule has 0 spiro atoms. The molecule has 1 fully saturated rings. The predicted octanol–water partition coefficient (Wildman–Crippen LogP) is 0.240. The molecule has 0 aromatic rings. The van der Waals surface area contributed by atoms with Crippen LogP contribution < -0.4 is 5.32 Å². The first kappa shape index (κ1) is 4.18. The Balaban J connectivity index is 2.55. The number of ether oxygens (including phenoxy) is 1. The largest absolute Gasteiger partial charge is 0.443 e. The Hall–Kier alpha value is -0.990. The fourth-order valence-electron chi connectivity index (χ4n) is 0.369. The number of amides is 1. The van der Waals surface area contributed by atoms with Gasteiger partial charge in [-0.05, 0) is 0 Å². The average Bonchev–Trinajstić information content (AvgIpc) is 1.87. The lowest BCUT2D eigenvalue weighted by Crippen LogP contribution is -2.09. The second-order valence-corrected chi connectivity index (χ2v) is 1.30. The van der Waals surface area contributed by atoms with Gasteiger partial charge in [0.1, 0.15) is 6.61 Å². The molecular weight excluding hydrogens is 94.0 g/mol. The Kier molecular flexibility index (Phi) is 0.749. The first-order chi connectivity index (χ1) is 3.29. The molecule has 3 heteroatoms. The highest BCUT2D eigenvalue weighted by Gasteiger charge is 2.11. The summed E-state index contributed by atoms with van der Waals surface area (Å²) in [4.78, 5) is 10.1.